The number of alkyl halides is 2. The first-order valence-corrected chi connectivity index (χ1v) is 8.82. The van der Waals surface area contributed by atoms with E-state index in [1.165, 1.54) is 0 Å². The molecule has 1 aliphatic carbocycles. The Labute approximate surface area is 151 Å². The number of carbonyl (C=O) groups is 1. The van der Waals surface area contributed by atoms with Crippen molar-refractivity contribution in [3.05, 3.63) is 47.8 Å². The molecule has 0 bridgehead atoms. The SMILES string of the molecule is CC(O)Cc1cnc(-c2ccc(C3CCC(C=O)C(F)C3F)cc2)nc1. The number of halogens is 2. The number of aliphatic hydroxyl groups is 1. The monoisotopic (exact) mass is 360 g/mol. The van der Waals surface area contributed by atoms with Gasteiger partial charge in [-0.15, -0.1) is 0 Å². The first kappa shape index (κ1) is 18.6. The Morgan fingerprint density at radius 1 is 1.15 bits per heavy atom. The van der Waals surface area contributed by atoms with Crippen LogP contribution in [-0.4, -0.2) is 39.8 Å². The maximum atomic E-state index is 14.4. The van der Waals surface area contributed by atoms with Crippen molar-refractivity contribution in [2.24, 2.45) is 5.92 Å². The van der Waals surface area contributed by atoms with Crippen molar-refractivity contribution in [1.82, 2.24) is 9.97 Å². The van der Waals surface area contributed by atoms with Crippen LogP contribution >= 0.6 is 0 Å². The van der Waals surface area contributed by atoms with Gasteiger partial charge < -0.3 is 9.90 Å². The van der Waals surface area contributed by atoms with E-state index in [-0.39, 0.29) is 0 Å². The topological polar surface area (TPSA) is 63.1 Å². The number of benzene rings is 1. The molecule has 3 rings (SSSR count). The second-order valence-electron chi connectivity index (χ2n) is 6.96. The average molecular weight is 360 g/mol. The molecule has 0 radical (unpaired) electrons. The highest BCUT2D eigenvalue weighted by Crippen LogP contribution is 2.39. The van der Waals surface area contributed by atoms with Gasteiger partial charge in [0.05, 0.1) is 6.10 Å². The summed E-state index contributed by atoms with van der Waals surface area (Å²) >= 11 is 0. The molecule has 2 aromatic rings. The summed E-state index contributed by atoms with van der Waals surface area (Å²) in [5.41, 5.74) is 2.35. The largest absolute Gasteiger partial charge is 0.393 e. The third-order valence-corrected chi connectivity index (χ3v) is 4.92. The molecule has 1 aromatic heterocycles. The van der Waals surface area contributed by atoms with Crippen LogP contribution in [0, 0.1) is 5.92 Å². The maximum Gasteiger partial charge on any atom is 0.159 e. The van der Waals surface area contributed by atoms with Crippen LogP contribution in [0.25, 0.3) is 11.4 Å². The number of nitrogens with zero attached hydrogens (tertiary/aromatic N) is 2. The zero-order valence-corrected chi connectivity index (χ0v) is 14.6. The van der Waals surface area contributed by atoms with Crippen LogP contribution in [0.5, 0.6) is 0 Å². The van der Waals surface area contributed by atoms with Gasteiger partial charge >= 0.3 is 0 Å². The average Bonchev–Trinajstić information content (AvgIpc) is 2.64. The third kappa shape index (κ3) is 3.96. The van der Waals surface area contributed by atoms with Gasteiger partial charge in [0.15, 0.2) is 5.82 Å². The summed E-state index contributed by atoms with van der Waals surface area (Å²) in [6.07, 6.45) is 1.33. The lowest BCUT2D eigenvalue weighted by molar-refractivity contribution is -0.115. The van der Waals surface area contributed by atoms with Crippen molar-refractivity contribution >= 4 is 6.29 Å². The molecule has 1 heterocycles. The van der Waals surface area contributed by atoms with E-state index in [2.05, 4.69) is 9.97 Å². The molecule has 0 spiro atoms. The Morgan fingerprint density at radius 2 is 1.81 bits per heavy atom. The molecular weight excluding hydrogens is 338 g/mol. The Morgan fingerprint density at radius 3 is 2.38 bits per heavy atom. The number of aliphatic hydroxyl groups excluding tert-OH is 1. The van der Waals surface area contributed by atoms with Crippen LogP contribution in [0.4, 0.5) is 8.78 Å². The number of carbonyl (C=O) groups excluding carboxylic acids is 1. The van der Waals surface area contributed by atoms with E-state index in [1.807, 2.05) is 0 Å². The molecule has 26 heavy (non-hydrogen) atoms. The molecule has 1 N–H and O–H groups in total. The van der Waals surface area contributed by atoms with Crippen molar-refractivity contribution in [3.8, 4) is 11.4 Å². The van der Waals surface area contributed by atoms with Crippen LogP contribution in [0.1, 0.15) is 36.8 Å². The summed E-state index contributed by atoms with van der Waals surface area (Å²) in [5, 5.41) is 9.39. The van der Waals surface area contributed by atoms with E-state index >= 15 is 0 Å². The molecular formula is C20H22F2N2O2. The molecule has 1 aliphatic rings. The summed E-state index contributed by atoms with van der Waals surface area (Å²) in [6, 6.07) is 7.14. The highest BCUT2D eigenvalue weighted by molar-refractivity contribution is 5.56. The quantitative estimate of drug-likeness (QED) is 0.830. The predicted octanol–water partition coefficient (Wildman–Crippen LogP) is 3.44. The number of aromatic nitrogens is 2. The second kappa shape index (κ2) is 7.99. The normalized spacial score (nSPS) is 27.1. The molecule has 138 valence electrons. The van der Waals surface area contributed by atoms with Gasteiger partial charge in [-0.2, -0.15) is 0 Å². The Kier molecular flexibility index (Phi) is 5.71. The predicted molar refractivity (Wildman–Crippen MR) is 94.2 cm³/mol. The Bertz CT molecular complexity index is 734. The summed E-state index contributed by atoms with van der Waals surface area (Å²) < 4.78 is 28.4. The van der Waals surface area contributed by atoms with Crippen molar-refractivity contribution in [1.29, 1.82) is 0 Å². The molecule has 5 unspecified atom stereocenters. The smallest absolute Gasteiger partial charge is 0.159 e. The first-order chi connectivity index (χ1) is 12.5. The molecule has 0 amide bonds. The van der Waals surface area contributed by atoms with Gasteiger partial charge in [-0.25, -0.2) is 18.7 Å². The van der Waals surface area contributed by atoms with Gasteiger partial charge in [0, 0.05) is 36.2 Å². The standard InChI is InChI=1S/C20H22F2N2O2/c1-12(26)8-13-9-23-20(24-10-13)15-4-2-14(3-5-15)17-7-6-16(11-25)18(21)19(17)22/h2-5,9-12,16-19,26H,6-8H2,1H3. The van der Waals surface area contributed by atoms with E-state index in [0.29, 0.717) is 31.4 Å². The third-order valence-electron chi connectivity index (χ3n) is 4.92. The maximum absolute atomic E-state index is 14.4. The van der Waals surface area contributed by atoms with Crippen molar-refractivity contribution < 1.29 is 18.7 Å². The van der Waals surface area contributed by atoms with Gasteiger partial charge in [0.2, 0.25) is 0 Å². The van der Waals surface area contributed by atoms with Gasteiger partial charge in [0.25, 0.3) is 0 Å². The van der Waals surface area contributed by atoms with E-state index in [1.54, 1.807) is 43.6 Å². The molecule has 1 saturated carbocycles. The highest BCUT2D eigenvalue weighted by Gasteiger charge is 2.40. The zero-order valence-electron chi connectivity index (χ0n) is 14.6. The fourth-order valence-electron chi connectivity index (χ4n) is 3.47. The fourth-order valence-corrected chi connectivity index (χ4v) is 3.47. The summed E-state index contributed by atoms with van der Waals surface area (Å²) in [6.45, 7) is 1.70. The molecule has 5 atom stereocenters. The lowest BCUT2D eigenvalue weighted by Crippen LogP contribution is -2.37. The summed E-state index contributed by atoms with van der Waals surface area (Å²) in [4.78, 5) is 19.4. The number of hydrogen-bond acceptors (Lipinski definition) is 4. The summed E-state index contributed by atoms with van der Waals surface area (Å²) in [5.74, 6) is -0.839. The zero-order chi connectivity index (χ0) is 18.7. The molecule has 0 aliphatic heterocycles. The van der Waals surface area contributed by atoms with Crippen LogP contribution in [-0.2, 0) is 11.2 Å². The van der Waals surface area contributed by atoms with Crippen molar-refractivity contribution in [2.45, 2.75) is 50.6 Å². The lowest BCUT2D eigenvalue weighted by atomic mass is 9.76. The first-order valence-electron chi connectivity index (χ1n) is 8.82. The molecule has 1 fully saturated rings. The van der Waals surface area contributed by atoms with E-state index in [4.69, 9.17) is 0 Å². The highest BCUT2D eigenvalue weighted by atomic mass is 19.2. The molecule has 0 saturated heterocycles. The van der Waals surface area contributed by atoms with E-state index in [0.717, 1.165) is 16.7 Å². The molecule has 4 nitrogen and oxygen atoms in total. The minimum absolute atomic E-state index is 0.366. The van der Waals surface area contributed by atoms with Crippen molar-refractivity contribution in [2.75, 3.05) is 0 Å². The number of aldehydes is 1. The second-order valence-corrected chi connectivity index (χ2v) is 6.96. The lowest BCUT2D eigenvalue weighted by Gasteiger charge is -2.32. The van der Waals surface area contributed by atoms with Gasteiger partial charge in [0.1, 0.15) is 18.6 Å². The van der Waals surface area contributed by atoms with Gasteiger partial charge in [-0.3, -0.25) is 0 Å². The molecule has 1 aromatic carbocycles. The minimum atomic E-state index is -1.74. The fraction of sp³-hybridized carbons (Fsp3) is 0.450. The van der Waals surface area contributed by atoms with Crippen LogP contribution in [0.15, 0.2) is 36.7 Å². The van der Waals surface area contributed by atoms with Crippen molar-refractivity contribution in [3.63, 3.8) is 0 Å². The minimum Gasteiger partial charge on any atom is -0.393 e. The molecule has 6 heteroatoms. The number of rotatable bonds is 5. The Hall–Kier alpha value is -2.21. The van der Waals surface area contributed by atoms with Crippen LogP contribution in [0.3, 0.4) is 0 Å². The van der Waals surface area contributed by atoms with Gasteiger partial charge in [-0.1, -0.05) is 24.3 Å². The van der Waals surface area contributed by atoms with Crippen LogP contribution < -0.4 is 0 Å². The Balaban J connectivity index is 1.73. The van der Waals surface area contributed by atoms with Gasteiger partial charge in [-0.05, 0) is 30.9 Å². The van der Waals surface area contributed by atoms with E-state index in [9.17, 15) is 18.7 Å². The number of hydrogen-bond donors (Lipinski definition) is 1. The summed E-state index contributed by atoms with van der Waals surface area (Å²) in [7, 11) is 0. The van der Waals surface area contributed by atoms with Crippen LogP contribution in [0.2, 0.25) is 0 Å². The van der Waals surface area contributed by atoms with E-state index < -0.39 is 30.3 Å².